The van der Waals surface area contributed by atoms with Gasteiger partial charge in [-0.25, -0.2) is 0 Å². The molecule has 1 unspecified atom stereocenters. The predicted octanol–water partition coefficient (Wildman–Crippen LogP) is 5.05. The van der Waals surface area contributed by atoms with E-state index in [-0.39, 0.29) is 0 Å². The number of rotatable bonds is 5. The fourth-order valence-corrected chi connectivity index (χ4v) is 3.09. The molecule has 0 fully saturated rings. The van der Waals surface area contributed by atoms with Crippen LogP contribution in [0.15, 0.2) is 36.4 Å². The van der Waals surface area contributed by atoms with Crippen molar-refractivity contribution in [1.82, 2.24) is 0 Å². The van der Waals surface area contributed by atoms with Gasteiger partial charge in [0.1, 0.15) is 0 Å². The average molecular weight is 264 g/mol. The van der Waals surface area contributed by atoms with Crippen LogP contribution >= 0.6 is 0 Å². The largest absolute Gasteiger partial charge is 0.382 e. The molecule has 3 rings (SSSR count). The highest BCUT2D eigenvalue weighted by molar-refractivity contribution is 5.78. The van der Waals surface area contributed by atoms with Crippen LogP contribution in [0, 0.1) is 6.07 Å². The van der Waals surface area contributed by atoms with Gasteiger partial charge in [-0.15, -0.1) is 0 Å². The maximum Gasteiger partial charge on any atom is 0.0426 e. The van der Waals surface area contributed by atoms with Gasteiger partial charge in [0, 0.05) is 17.8 Å². The molecular weight excluding hydrogens is 242 g/mol. The Balaban J connectivity index is 1.83. The fourth-order valence-electron chi connectivity index (χ4n) is 3.09. The maximum absolute atomic E-state index is 3.63. The summed E-state index contributed by atoms with van der Waals surface area (Å²) < 4.78 is 0. The van der Waals surface area contributed by atoms with Crippen LogP contribution in [0.1, 0.15) is 44.2 Å². The third-order valence-corrected chi connectivity index (χ3v) is 4.19. The lowest BCUT2D eigenvalue weighted by Crippen LogP contribution is -2.18. The quantitative estimate of drug-likeness (QED) is 0.680. The zero-order valence-corrected chi connectivity index (χ0v) is 12.4. The lowest BCUT2D eigenvalue weighted by Gasteiger charge is -2.18. The second-order valence-electron chi connectivity index (χ2n) is 5.64. The van der Waals surface area contributed by atoms with Gasteiger partial charge in [-0.1, -0.05) is 50.6 Å². The minimum Gasteiger partial charge on any atom is -0.382 e. The summed E-state index contributed by atoms with van der Waals surface area (Å²) in [6, 6.07) is 17.3. The summed E-state index contributed by atoms with van der Waals surface area (Å²) in [4.78, 5) is 0. The van der Waals surface area contributed by atoms with Gasteiger partial charge in [0.15, 0.2) is 0 Å². The van der Waals surface area contributed by atoms with Crippen LogP contribution in [-0.2, 0) is 6.42 Å². The molecule has 1 nitrogen and oxygen atoms in total. The molecule has 0 bridgehead atoms. The highest BCUT2D eigenvalue weighted by Crippen LogP contribution is 2.37. The molecule has 103 valence electrons. The molecule has 0 spiro atoms. The Morgan fingerprint density at radius 1 is 1.10 bits per heavy atom. The molecule has 1 heteroatoms. The van der Waals surface area contributed by atoms with Crippen LogP contribution in [0.4, 0.5) is 5.69 Å². The van der Waals surface area contributed by atoms with Crippen LogP contribution in [0.25, 0.3) is 11.1 Å². The molecule has 1 radical (unpaired) electrons. The van der Waals surface area contributed by atoms with Crippen molar-refractivity contribution >= 4 is 5.69 Å². The van der Waals surface area contributed by atoms with E-state index in [0.29, 0.717) is 6.04 Å². The average Bonchev–Trinajstić information content (AvgIpc) is 2.84. The summed E-state index contributed by atoms with van der Waals surface area (Å²) >= 11 is 0. The van der Waals surface area contributed by atoms with Crippen molar-refractivity contribution in [2.75, 3.05) is 5.32 Å². The minimum absolute atomic E-state index is 0.568. The number of hydrogen-bond donors (Lipinski definition) is 1. The molecular formula is C19H22N. The predicted molar refractivity (Wildman–Crippen MR) is 86.1 cm³/mol. The lowest BCUT2D eigenvalue weighted by atomic mass is 10.0. The monoisotopic (exact) mass is 264 g/mol. The molecule has 1 aliphatic carbocycles. The molecule has 1 aliphatic rings. The number of benzene rings is 2. The molecule has 20 heavy (non-hydrogen) atoms. The zero-order chi connectivity index (χ0) is 13.9. The van der Waals surface area contributed by atoms with Gasteiger partial charge in [0.2, 0.25) is 0 Å². The normalized spacial score (nSPS) is 13.7. The molecule has 2 aromatic rings. The van der Waals surface area contributed by atoms with Crippen LogP contribution in [-0.4, -0.2) is 6.04 Å². The third-order valence-electron chi connectivity index (χ3n) is 4.19. The van der Waals surface area contributed by atoms with Crippen molar-refractivity contribution in [1.29, 1.82) is 0 Å². The Morgan fingerprint density at radius 3 is 2.75 bits per heavy atom. The Kier molecular flexibility index (Phi) is 3.77. The van der Waals surface area contributed by atoms with Gasteiger partial charge in [-0.2, -0.15) is 0 Å². The second kappa shape index (κ2) is 5.70. The maximum atomic E-state index is 3.63. The van der Waals surface area contributed by atoms with Gasteiger partial charge in [0.05, 0.1) is 0 Å². The SMILES string of the molecule is CCCC(CC)Nc1[c]c2c(cc1)-c1ccccc1C2. The summed E-state index contributed by atoms with van der Waals surface area (Å²) in [5.74, 6) is 0. The van der Waals surface area contributed by atoms with Crippen molar-refractivity contribution in [3.8, 4) is 11.1 Å². The molecule has 2 aromatic carbocycles. The van der Waals surface area contributed by atoms with E-state index in [1.165, 1.54) is 41.5 Å². The standard InChI is InChI=1S/C19H22N/c1-3-7-16(4-2)20-17-10-11-19-15(13-17)12-14-8-5-6-9-18(14)19/h5-6,8-11,16,20H,3-4,7,12H2,1-2H3. The Morgan fingerprint density at radius 2 is 1.95 bits per heavy atom. The first kappa shape index (κ1) is 13.2. The number of nitrogens with one attached hydrogen (secondary N) is 1. The van der Waals surface area contributed by atoms with E-state index in [1.54, 1.807) is 0 Å². The van der Waals surface area contributed by atoms with E-state index in [9.17, 15) is 0 Å². The highest BCUT2D eigenvalue weighted by atomic mass is 14.9. The van der Waals surface area contributed by atoms with Crippen molar-refractivity contribution < 1.29 is 0 Å². The summed E-state index contributed by atoms with van der Waals surface area (Å²) in [6.45, 7) is 4.49. The molecule has 1 atom stereocenters. The van der Waals surface area contributed by atoms with E-state index < -0.39 is 0 Å². The van der Waals surface area contributed by atoms with Crippen molar-refractivity contribution in [3.05, 3.63) is 53.6 Å². The van der Waals surface area contributed by atoms with E-state index in [0.717, 1.165) is 12.1 Å². The van der Waals surface area contributed by atoms with Crippen molar-refractivity contribution in [3.63, 3.8) is 0 Å². The lowest BCUT2D eigenvalue weighted by molar-refractivity contribution is 0.622. The first-order valence-electron chi connectivity index (χ1n) is 7.71. The third kappa shape index (κ3) is 2.45. The molecule has 0 saturated carbocycles. The number of hydrogen-bond acceptors (Lipinski definition) is 1. The van der Waals surface area contributed by atoms with Crippen LogP contribution < -0.4 is 5.32 Å². The van der Waals surface area contributed by atoms with Crippen LogP contribution in [0.5, 0.6) is 0 Å². The van der Waals surface area contributed by atoms with Gasteiger partial charge < -0.3 is 5.32 Å². The van der Waals surface area contributed by atoms with Crippen molar-refractivity contribution in [2.45, 2.75) is 45.6 Å². The van der Waals surface area contributed by atoms with E-state index in [2.05, 4.69) is 61.6 Å². The molecule has 0 saturated heterocycles. The molecule has 0 aromatic heterocycles. The topological polar surface area (TPSA) is 12.0 Å². The first-order valence-corrected chi connectivity index (χ1v) is 7.71. The zero-order valence-electron chi connectivity index (χ0n) is 12.4. The number of anilines is 1. The summed E-state index contributed by atoms with van der Waals surface area (Å²) in [7, 11) is 0. The Hall–Kier alpha value is -1.76. The van der Waals surface area contributed by atoms with E-state index >= 15 is 0 Å². The molecule has 0 amide bonds. The van der Waals surface area contributed by atoms with Gasteiger partial charge >= 0.3 is 0 Å². The molecule has 0 aliphatic heterocycles. The van der Waals surface area contributed by atoms with Crippen LogP contribution in [0.3, 0.4) is 0 Å². The van der Waals surface area contributed by atoms with Crippen LogP contribution in [0.2, 0.25) is 0 Å². The number of fused-ring (bicyclic) bond motifs is 3. The van der Waals surface area contributed by atoms with E-state index in [1.807, 2.05) is 0 Å². The van der Waals surface area contributed by atoms with Gasteiger partial charge in [-0.3, -0.25) is 0 Å². The summed E-state index contributed by atoms with van der Waals surface area (Å²) in [5, 5.41) is 3.63. The highest BCUT2D eigenvalue weighted by Gasteiger charge is 2.18. The van der Waals surface area contributed by atoms with Crippen molar-refractivity contribution in [2.24, 2.45) is 0 Å². The smallest absolute Gasteiger partial charge is 0.0426 e. The van der Waals surface area contributed by atoms with Gasteiger partial charge in [-0.05, 0) is 47.6 Å². The molecule has 1 N–H and O–H groups in total. The Labute approximate surface area is 122 Å². The fraction of sp³-hybridized carbons (Fsp3) is 0.368. The Bertz CT molecular complexity index is 600. The van der Waals surface area contributed by atoms with E-state index in [4.69, 9.17) is 0 Å². The minimum atomic E-state index is 0.568. The van der Waals surface area contributed by atoms with Gasteiger partial charge in [0.25, 0.3) is 0 Å². The second-order valence-corrected chi connectivity index (χ2v) is 5.64. The summed E-state index contributed by atoms with van der Waals surface area (Å²) in [5.41, 5.74) is 6.65. The summed E-state index contributed by atoms with van der Waals surface area (Å²) in [6.07, 6.45) is 4.63. The first-order chi connectivity index (χ1) is 9.81. The molecule has 0 heterocycles.